The summed E-state index contributed by atoms with van der Waals surface area (Å²) in [5, 5.41) is 1.12. The summed E-state index contributed by atoms with van der Waals surface area (Å²) >= 11 is 12.2. The van der Waals surface area contributed by atoms with Gasteiger partial charge in [0.2, 0.25) is 15.9 Å². The average Bonchev–Trinajstić information content (AvgIpc) is 3.33. The van der Waals surface area contributed by atoms with Gasteiger partial charge in [-0.05, 0) is 67.8 Å². The molecule has 6 nitrogen and oxygen atoms in total. The molecule has 0 unspecified atom stereocenters. The molecule has 0 aliphatic carbocycles. The van der Waals surface area contributed by atoms with Crippen molar-refractivity contribution in [3.05, 3.63) is 99.7 Å². The summed E-state index contributed by atoms with van der Waals surface area (Å²) in [4.78, 5) is 18.1. The highest BCUT2D eigenvalue weighted by Crippen LogP contribution is 2.30. The first-order chi connectivity index (χ1) is 19.3. The first kappa shape index (κ1) is 30.9. The number of benzene rings is 3. The van der Waals surface area contributed by atoms with E-state index in [0.717, 1.165) is 32.9 Å². The van der Waals surface area contributed by atoms with Crippen LogP contribution in [-0.2, 0) is 34.0 Å². The molecule has 0 saturated heterocycles. The highest BCUT2D eigenvalue weighted by molar-refractivity contribution is 7.89. The van der Waals surface area contributed by atoms with E-state index in [0.29, 0.717) is 12.0 Å². The van der Waals surface area contributed by atoms with E-state index in [1.54, 1.807) is 13.8 Å². The molecule has 1 heterocycles. The number of para-hydroxylation sites is 1. The van der Waals surface area contributed by atoms with Crippen molar-refractivity contribution < 1.29 is 26.4 Å². The van der Waals surface area contributed by atoms with Crippen LogP contribution in [0.25, 0.3) is 10.9 Å². The number of fused-ring (bicyclic) bond motifs is 1. The van der Waals surface area contributed by atoms with Gasteiger partial charge in [-0.1, -0.05) is 53.5 Å². The quantitative estimate of drug-likeness (QED) is 0.203. The average molecular weight is 627 g/mol. The first-order valence-electron chi connectivity index (χ1n) is 12.7. The minimum atomic E-state index is -4.49. The number of alkyl halides is 3. The fourth-order valence-electron chi connectivity index (χ4n) is 4.48. The zero-order chi connectivity index (χ0) is 29.9. The zero-order valence-corrected chi connectivity index (χ0v) is 24.6. The minimum absolute atomic E-state index is 0.0107. The molecule has 0 bridgehead atoms. The van der Waals surface area contributed by atoms with E-state index in [2.05, 4.69) is 4.98 Å². The zero-order valence-electron chi connectivity index (χ0n) is 22.3. The molecule has 0 aliphatic heterocycles. The Labute approximate surface area is 246 Å². The standard InChI is InChI=1S/C29H28Cl2F3N3O3S/c1-19(2)37(41(39,40)27-15-23(30)11-12-25(27)31)18-28(38)36(17-20-7-9-22(10-8-20)29(32,33)34)14-13-21-16-35-26-6-4-3-5-24(21)26/h3-12,15-16,19,35H,13-14,17-18H2,1-2H3. The van der Waals surface area contributed by atoms with Crippen molar-refractivity contribution in [2.45, 2.75) is 43.9 Å². The van der Waals surface area contributed by atoms with Gasteiger partial charge in [0, 0.05) is 41.3 Å². The van der Waals surface area contributed by atoms with E-state index in [-0.39, 0.29) is 28.0 Å². The third-order valence-corrected chi connectivity index (χ3v) is 9.42. The Hall–Kier alpha value is -3.05. The van der Waals surface area contributed by atoms with Crippen LogP contribution >= 0.6 is 23.2 Å². The fourth-order valence-corrected chi connectivity index (χ4v) is 6.81. The second-order valence-corrected chi connectivity index (χ2v) is 12.5. The Kier molecular flexibility index (Phi) is 9.38. The van der Waals surface area contributed by atoms with E-state index in [9.17, 15) is 26.4 Å². The van der Waals surface area contributed by atoms with Crippen LogP contribution in [0.1, 0.15) is 30.5 Å². The number of carbonyl (C=O) groups is 1. The molecular weight excluding hydrogens is 598 g/mol. The number of carbonyl (C=O) groups excluding carboxylic acids is 1. The molecule has 0 saturated carbocycles. The van der Waals surface area contributed by atoms with Crippen LogP contribution in [0.2, 0.25) is 10.0 Å². The van der Waals surface area contributed by atoms with Crippen LogP contribution in [0.3, 0.4) is 0 Å². The van der Waals surface area contributed by atoms with Crippen LogP contribution in [0.15, 0.2) is 77.8 Å². The Morgan fingerprint density at radius 1 is 1.00 bits per heavy atom. The van der Waals surface area contributed by atoms with Crippen LogP contribution < -0.4 is 0 Å². The third kappa shape index (κ3) is 7.24. The summed E-state index contributed by atoms with van der Waals surface area (Å²) in [6.45, 7) is 2.96. The number of sulfonamides is 1. The van der Waals surface area contributed by atoms with Gasteiger partial charge in [-0.2, -0.15) is 17.5 Å². The largest absolute Gasteiger partial charge is 0.416 e. The second-order valence-electron chi connectivity index (χ2n) is 9.84. The van der Waals surface area contributed by atoms with Gasteiger partial charge < -0.3 is 9.88 Å². The second kappa shape index (κ2) is 12.4. The summed E-state index contributed by atoms with van der Waals surface area (Å²) in [5.74, 6) is -0.514. The number of amides is 1. The minimum Gasteiger partial charge on any atom is -0.361 e. The van der Waals surface area contributed by atoms with E-state index in [1.807, 2.05) is 30.5 Å². The lowest BCUT2D eigenvalue weighted by Gasteiger charge is -2.30. The highest BCUT2D eigenvalue weighted by atomic mass is 35.5. The summed E-state index contributed by atoms with van der Waals surface area (Å²) < 4.78 is 67.5. The topological polar surface area (TPSA) is 73.5 Å². The summed E-state index contributed by atoms with van der Waals surface area (Å²) in [5.41, 5.74) is 1.55. The SMILES string of the molecule is CC(C)N(CC(=O)N(CCc1c[nH]c2ccccc12)Cc1ccc(C(F)(F)F)cc1)S(=O)(=O)c1cc(Cl)ccc1Cl. The molecule has 1 amide bonds. The molecule has 0 atom stereocenters. The van der Waals surface area contributed by atoms with E-state index < -0.39 is 40.3 Å². The van der Waals surface area contributed by atoms with Gasteiger partial charge in [-0.25, -0.2) is 8.42 Å². The molecule has 41 heavy (non-hydrogen) atoms. The van der Waals surface area contributed by atoms with Crippen LogP contribution in [-0.4, -0.2) is 47.6 Å². The lowest BCUT2D eigenvalue weighted by molar-refractivity contribution is -0.137. The third-order valence-electron chi connectivity index (χ3n) is 6.68. The number of hydrogen-bond acceptors (Lipinski definition) is 3. The predicted molar refractivity (Wildman–Crippen MR) is 154 cm³/mol. The molecule has 1 N–H and O–H groups in total. The van der Waals surface area contributed by atoms with Crippen molar-refractivity contribution in [2.24, 2.45) is 0 Å². The number of nitrogens with one attached hydrogen (secondary N) is 1. The van der Waals surface area contributed by atoms with Crippen LogP contribution in [0.5, 0.6) is 0 Å². The number of halogens is 5. The number of H-pyrrole nitrogens is 1. The lowest BCUT2D eigenvalue weighted by Crippen LogP contribution is -2.46. The van der Waals surface area contributed by atoms with Gasteiger partial charge in [-0.3, -0.25) is 4.79 Å². The Bertz CT molecular complexity index is 1640. The van der Waals surface area contributed by atoms with Crippen molar-refractivity contribution in [3.8, 4) is 0 Å². The molecule has 3 aromatic carbocycles. The van der Waals surface area contributed by atoms with E-state index in [1.165, 1.54) is 35.2 Å². The van der Waals surface area contributed by atoms with Crippen LogP contribution in [0.4, 0.5) is 13.2 Å². The number of aromatic nitrogens is 1. The molecule has 4 rings (SSSR count). The van der Waals surface area contributed by atoms with Gasteiger partial charge in [-0.15, -0.1) is 0 Å². The maximum Gasteiger partial charge on any atom is 0.416 e. The normalized spacial score (nSPS) is 12.4. The predicted octanol–water partition coefficient (Wildman–Crippen LogP) is 7.16. The number of aromatic amines is 1. The maximum atomic E-state index is 13.7. The van der Waals surface area contributed by atoms with Gasteiger partial charge in [0.25, 0.3) is 0 Å². The molecule has 4 aromatic rings. The Morgan fingerprint density at radius 2 is 1.68 bits per heavy atom. The Morgan fingerprint density at radius 3 is 2.34 bits per heavy atom. The smallest absolute Gasteiger partial charge is 0.361 e. The molecule has 0 radical (unpaired) electrons. The monoisotopic (exact) mass is 625 g/mol. The molecular formula is C29H28Cl2F3N3O3S. The van der Waals surface area contributed by atoms with Crippen LogP contribution in [0, 0.1) is 0 Å². The molecule has 0 aliphatic rings. The number of hydrogen-bond donors (Lipinski definition) is 1. The van der Waals surface area contributed by atoms with Gasteiger partial charge >= 0.3 is 6.18 Å². The summed E-state index contributed by atoms with van der Waals surface area (Å²) in [6.07, 6.45) is -2.21. The van der Waals surface area contributed by atoms with Crippen molar-refractivity contribution in [3.63, 3.8) is 0 Å². The molecule has 218 valence electrons. The highest BCUT2D eigenvalue weighted by Gasteiger charge is 2.33. The molecule has 12 heteroatoms. The van der Waals surface area contributed by atoms with Gasteiger partial charge in [0.1, 0.15) is 4.90 Å². The van der Waals surface area contributed by atoms with E-state index >= 15 is 0 Å². The van der Waals surface area contributed by atoms with Crippen molar-refractivity contribution >= 4 is 50.0 Å². The first-order valence-corrected chi connectivity index (χ1v) is 14.9. The molecule has 0 fully saturated rings. The lowest BCUT2D eigenvalue weighted by atomic mass is 10.1. The number of nitrogens with zero attached hydrogens (tertiary/aromatic N) is 2. The summed E-state index contributed by atoms with van der Waals surface area (Å²) in [6, 6.07) is 15.7. The Balaban J connectivity index is 1.62. The van der Waals surface area contributed by atoms with Gasteiger partial charge in [0.05, 0.1) is 17.1 Å². The van der Waals surface area contributed by atoms with Gasteiger partial charge in [0.15, 0.2) is 0 Å². The molecule has 0 spiro atoms. The van der Waals surface area contributed by atoms with E-state index in [4.69, 9.17) is 23.2 Å². The van der Waals surface area contributed by atoms with Crippen molar-refractivity contribution in [1.82, 2.24) is 14.2 Å². The molecule has 1 aromatic heterocycles. The van der Waals surface area contributed by atoms with Crippen molar-refractivity contribution in [1.29, 1.82) is 0 Å². The fraction of sp³-hybridized carbons (Fsp3) is 0.276. The summed E-state index contributed by atoms with van der Waals surface area (Å²) in [7, 11) is -4.22. The van der Waals surface area contributed by atoms with Crippen molar-refractivity contribution in [2.75, 3.05) is 13.1 Å². The maximum absolute atomic E-state index is 13.7. The number of rotatable bonds is 10.